The fraction of sp³-hybridized carbons (Fsp3) is 1.00. The Bertz CT molecular complexity index is 547. The monoisotopic (exact) mass is 323 g/mol. The lowest BCUT2D eigenvalue weighted by atomic mass is 9.67. The molecular weight excluding hydrogens is 303 g/mol. The van der Waals surface area contributed by atoms with Crippen molar-refractivity contribution < 1.29 is 21.6 Å². The lowest BCUT2D eigenvalue weighted by Crippen LogP contribution is -2.42. The van der Waals surface area contributed by atoms with Gasteiger partial charge in [-0.15, -0.1) is 0 Å². The molecule has 21 heavy (non-hydrogen) atoms. The van der Waals surface area contributed by atoms with Gasteiger partial charge in [0.25, 0.3) is 0 Å². The first-order valence-corrected chi connectivity index (χ1v) is 9.32. The van der Waals surface area contributed by atoms with Crippen LogP contribution in [0.15, 0.2) is 0 Å². The first-order valence-electron chi connectivity index (χ1n) is 7.84. The molecular formula is C14H20F3NO2S. The Morgan fingerprint density at radius 3 is 2.29 bits per heavy atom. The van der Waals surface area contributed by atoms with Crippen molar-refractivity contribution in [1.29, 1.82) is 0 Å². The van der Waals surface area contributed by atoms with E-state index in [1.807, 2.05) is 0 Å². The molecule has 0 aromatic rings. The largest absolute Gasteiger partial charge is 0.511 e. The van der Waals surface area contributed by atoms with Crippen LogP contribution in [0, 0.1) is 41.4 Å². The second-order valence-electron chi connectivity index (χ2n) is 7.44. The Labute approximate surface area is 122 Å². The van der Waals surface area contributed by atoms with Gasteiger partial charge in [0.1, 0.15) is 0 Å². The van der Waals surface area contributed by atoms with E-state index in [2.05, 4.69) is 0 Å². The molecule has 7 unspecified atom stereocenters. The molecule has 0 heterocycles. The van der Waals surface area contributed by atoms with E-state index in [0.29, 0.717) is 17.8 Å². The summed E-state index contributed by atoms with van der Waals surface area (Å²) in [6.07, 6.45) is 5.94. The van der Waals surface area contributed by atoms with Crippen molar-refractivity contribution in [1.82, 2.24) is 4.72 Å². The molecule has 7 heteroatoms. The van der Waals surface area contributed by atoms with Gasteiger partial charge in [0.05, 0.1) is 0 Å². The summed E-state index contributed by atoms with van der Waals surface area (Å²) in [5, 5.41) is 0. The summed E-state index contributed by atoms with van der Waals surface area (Å²) in [7, 11) is -5.18. The second-order valence-corrected chi connectivity index (χ2v) is 9.20. The third-order valence-corrected chi connectivity index (χ3v) is 7.87. The van der Waals surface area contributed by atoms with Crippen LogP contribution in [-0.2, 0) is 10.0 Å². The molecule has 3 nitrogen and oxygen atoms in total. The summed E-state index contributed by atoms with van der Waals surface area (Å²) in [6, 6.07) is 0. The van der Waals surface area contributed by atoms with Crippen molar-refractivity contribution in [3.63, 3.8) is 0 Å². The van der Waals surface area contributed by atoms with E-state index in [9.17, 15) is 21.6 Å². The summed E-state index contributed by atoms with van der Waals surface area (Å²) in [5.74, 6) is 4.27. The average Bonchev–Trinajstić information content (AvgIpc) is 3.12. The molecule has 1 N–H and O–H groups in total. The molecule has 0 aliphatic heterocycles. The topological polar surface area (TPSA) is 46.2 Å². The van der Waals surface area contributed by atoms with E-state index in [4.69, 9.17) is 0 Å². The number of nitrogens with one attached hydrogen (secondary N) is 1. The van der Waals surface area contributed by atoms with Gasteiger partial charge in [-0.2, -0.15) is 13.2 Å². The molecule has 4 fully saturated rings. The number of hydrogen-bond donors (Lipinski definition) is 1. The van der Waals surface area contributed by atoms with Crippen molar-refractivity contribution in [2.24, 2.45) is 41.4 Å². The Morgan fingerprint density at radius 2 is 1.62 bits per heavy atom. The van der Waals surface area contributed by atoms with E-state index in [1.165, 1.54) is 19.3 Å². The molecule has 4 bridgehead atoms. The van der Waals surface area contributed by atoms with Crippen LogP contribution in [0.4, 0.5) is 13.2 Å². The first kappa shape index (κ1) is 14.3. The normalized spacial score (nSPS) is 48.0. The van der Waals surface area contributed by atoms with Crippen molar-refractivity contribution in [2.75, 3.05) is 6.54 Å². The molecule has 120 valence electrons. The number of halogens is 3. The predicted octanol–water partition coefficient (Wildman–Crippen LogP) is 2.74. The van der Waals surface area contributed by atoms with E-state index in [0.717, 1.165) is 30.6 Å². The number of fused-ring (bicyclic) bond motifs is 9. The Kier molecular flexibility index (Phi) is 2.98. The van der Waals surface area contributed by atoms with Gasteiger partial charge in [-0.3, -0.25) is 0 Å². The zero-order chi connectivity index (χ0) is 15.0. The van der Waals surface area contributed by atoms with Crippen molar-refractivity contribution >= 4 is 10.0 Å². The van der Waals surface area contributed by atoms with Crippen LogP contribution in [-0.4, -0.2) is 20.5 Å². The van der Waals surface area contributed by atoms with E-state index in [-0.39, 0.29) is 12.5 Å². The van der Waals surface area contributed by atoms with Crippen molar-refractivity contribution in [3.8, 4) is 0 Å². The van der Waals surface area contributed by atoms with Gasteiger partial charge in [-0.05, 0) is 73.5 Å². The zero-order valence-electron chi connectivity index (χ0n) is 11.6. The molecule has 0 radical (unpaired) electrons. The van der Waals surface area contributed by atoms with Gasteiger partial charge >= 0.3 is 15.5 Å². The number of sulfonamides is 1. The molecule has 4 aliphatic rings. The maximum absolute atomic E-state index is 12.4. The molecule has 0 aromatic heterocycles. The van der Waals surface area contributed by atoms with E-state index in [1.54, 1.807) is 4.72 Å². The molecule has 4 aliphatic carbocycles. The summed E-state index contributed by atoms with van der Waals surface area (Å²) < 4.78 is 61.2. The molecule has 0 amide bonds. The number of rotatable bonds is 3. The summed E-state index contributed by atoms with van der Waals surface area (Å²) in [4.78, 5) is 0. The Morgan fingerprint density at radius 1 is 0.952 bits per heavy atom. The minimum absolute atomic E-state index is 0.0381. The molecule has 0 aromatic carbocycles. The summed E-state index contributed by atoms with van der Waals surface area (Å²) in [6.45, 7) is -0.0381. The zero-order valence-corrected chi connectivity index (χ0v) is 12.5. The quantitative estimate of drug-likeness (QED) is 0.812. The van der Waals surface area contributed by atoms with Crippen LogP contribution < -0.4 is 4.72 Å². The van der Waals surface area contributed by atoms with Crippen LogP contribution in [0.25, 0.3) is 0 Å². The molecule has 7 atom stereocenters. The molecule has 4 saturated carbocycles. The van der Waals surface area contributed by atoms with Gasteiger partial charge < -0.3 is 0 Å². The third kappa shape index (κ3) is 1.99. The lowest BCUT2D eigenvalue weighted by molar-refractivity contribution is -0.0449. The standard InChI is InChI=1S/C14H20F3NO2S/c15-14(16,17)21(19,20)18-6-10-4-9-5-11(10)13-8-2-1-7(3-8)12(9)13/h7-13,18H,1-6H2. The summed E-state index contributed by atoms with van der Waals surface area (Å²) in [5.41, 5.74) is -5.19. The minimum Gasteiger partial charge on any atom is -0.207 e. The molecule has 4 rings (SSSR count). The Hall–Kier alpha value is -0.300. The molecule has 0 spiro atoms. The van der Waals surface area contributed by atoms with Gasteiger partial charge in [0.15, 0.2) is 0 Å². The van der Waals surface area contributed by atoms with Gasteiger partial charge in [-0.25, -0.2) is 13.1 Å². The highest BCUT2D eigenvalue weighted by molar-refractivity contribution is 7.90. The Balaban J connectivity index is 1.44. The highest BCUT2D eigenvalue weighted by atomic mass is 32.2. The van der Waals surface area contributed by atoms with Crippen molar-refractivity contribution in [2.45, 2.75) is 37.6 Å². The van der Waals surface area contributed by atoms with E-state index < -0.39 is 15.5 Å². The fourth-order valence-corrected chi connectivity index (χ4v) is 6.83. The van der Waals surface area contributed by atoms with Crippen LogP contribution in [0.1, 0.15) is 32.1 Å². The number of alkyl halides is 3. The van der Waals surface area contributed by atoms with Crippen LogP contribution in [0.2, 0.25) is 0 Å². The molecule has 0 saturated heterocycles. The average molecular weight is 323 g/mol. The van der Waals surface area contributed by atoms with E-state index >= 15 is 0 Å². The van der Waals surface area contributed by atoms with Crippen molar-refractivity contribution in [3.05, 3.63) is 0 Å². The maximum atomic E-state index is 12.4. The van der Waals surface area contributed by atoms with Gasteiger partial charge in [0, 0.05) is 6.54 Å². The minimum atomic E-state index is -5.19. The summed E-state index contributed by atoms with van der Waals surface area (Å²) >= 11 is 0. The predicted molar refractivity (Wildman–Crippen MR) is 70.5 cm³/mol. The lowest BCUT2D eigenvalue weighted by Gasteiger charge is -2.38. The second kappa shape index (κ2) is 4.37. The van der Waals surface area contributed by atoms with Gasteiger partial charge in [-0.1, -0.05) is 0 Å². The highest BCUT2D eigenvalue weighted by Crippen LogP contribution is 2.68. The maximum Gasteiger partial charge on any atom is 0.511 e. The highest BCUT2D eigenvalue weighted by Gasteiger charge is 2.62. The fourth-order valence-electron chi connectivity index (χ4n) is 6.24. The number of hydrogen-bond acceptors (Lipinski definition) is 2. The van der Waals surface area contributed by atoms with Crippen LogP contribution in [0.5, 0.6) is 0 Å². The van der Waals surface area contributed by atoms with Crippen LogP contribution >= 0.6 is 0 Å². The van der Waals surface area contributed by atoms with Gasteiger partial charge in [0.2, 0.25) is 0 Å². The smallest absolute Gasteiger partial charge is 0.207 e. The van der Waals surface area contributed by atoms with Crippen LogP contribution in [0.3, 0.4) is 0 Å². The third-order valence-electron chi connectivity index (χ3n) is 6.71. The first-order chi connectivity index (χ1) is 9.78. The SMILES string of the molecule is O=S(=O)(NCC1CC2CC1C1C3CCC(C3)C21)C(F)(F)F.